The highest BCUT2D eigenvalue weighted by molar-refractivity contribution is 7.86. The van der Waals surface area contributed by atoms with E-state index in [0.717, 1.165) is 62.0 Å². The minimum absolute atomic E-state index is 0. The predicted octanol–water partition coefficient (Wildman–Crippen LogP) is 8.10. The van der Waals surface area contributed by atoms with Crippen LogP contribution < -0.4 is 11.5 Å². The van der Waals surface area contributed by atoms with Gasteiger partial charge in [0.25, 0.3) is 5.91 Å². The van der Waals surface area contributed by atoms with Gasteiger partial charge >= 0.3 is 6.18 Å². The second-order valence-corrected chi connectivity index (χ2v) is 12.7. The van der Waals surface area contributed by atoms with E-state index in [4.69, 9.17) is 0 Å². The number of carbonyl (C=O) groups excluding carboxylic acids is 1. The summed E-state index contributed by atoms with van der Waals surface area (Å²) in [4.78, 5) is 21.5. The molecule has 0 bridgehead atoms. The molecule has 14 heteroatoms. The van der Waals surface area contributed by atoms with Gasteiger partial charge in [-0.3, -0.25) is 4.79 Å². The Labute approximate surface area is 251 Å². The molecule has 0 unspecified atom stereocenters. The number of thiazole rings is 2. The minimum atomic E-state index is -4.67. The van der Waals surface area contributed by atoms with Crippen molar-refractivity contribution < 1.29 is 30.9 Å². The largest absolute Gasteiger partial charge is 0.744 e. The molecule has 2 heterocycles. The summed E-state index contributed by atoms with van der Waals surface area (Å²) in [5.74, 6) is -0.533. The third kappa shape index (κ3) is 6.00. The van der Waals surface area contributed by atoms with E-state index in [2.05, 4.69) is 15.3 Å². The Balaban J connectivity index is 0.00000368. The molecule has 2 aromatic heterocycles. The van der Waals surface area contributed by atoms with Crippen molar-refractivity contribution in [3.8, 4) is 21.1 Å². The van der Waals surface area contributed by atoms with Gasteiger partial charge in [-0.1, -0.05) is 6.07 Å². The number of aromatic nitrogens is 2. The first-order valence-electron chi connectivity index (χ1n) is 12.2. The zero-order valence-electron chi connectivity index (χ0n) is 22.4. The molecule has 6 aromatic rings. The standard InChI is InChI=1S/C29H18F3N3O4S3.H3N/c1-15-2-12-22-24(25(15)42(37,38)39)41-28(35-22)18-7-13-21-23(14-18)40-27(34-21)17-5-10-20(11-6-17)33-26(36)16-3-8-19(9-4-16)29(30,31)32;/h2-14H,1H3,(H,33,36)(H,37,38,39);1H3. The fourth-order valence-electron chi connectivity index (χ4n) is 4.39. The Morgan fingerprint density at radius 2 is 1.44 bits per heavy atom. The molecule has 0 aliphatic carbocycles. The number of amides is 1. The van der Waals surface area contributed by atoms with Gasteiger partial charge in [-0.2, -0.15) is 13.2 Å². The molecule has 5 N–H and O–H groups in total. The van der Waals surface area contributed by atoms with Crippen molar-refractivity contribution >= 4 is 64.8 Å². The fourth-order valence-corrected chi connectivity index (χ4v) is 7.68. The SMILES string of the molecule is Cc1ccc2nc(-c3ccc4nc(-c5ccc(NC(=O)c6ccc(C(F)(F)F)cc6)cc5)sc4c3)sc2c1S(=O)(=O)[O-].[NH4+]. The van der Waals surface area contributed by atoms with Crippen LogP contribution in [-0.4, -0.2) is 28.8 Å². The third-order valence-electron chi connectivity index (χ3n) is 6.46. The van der Waals surface area contributed by atoms with Crippen LogP contribution in [0.25, 0.3) is 41.6 Å². The average Bonchev–Trinajstić information content (AvgIpc) is 3.56. The van der Waals surface area contributed by atoms with Crippen molar-refractivity contribution in [1.82, 2.24) is 16.1 Å². The van der Waals surface area contributed by atoms with Crippen LogP contribution in [0.1, 0.15) is 21.5 Å². The topological polar surface area (TPSA) is 149 Å². The van der Waals surface area contributed by atoms with E-state index in [1.54, 1.807) is 43.3 Å². The smallest absolute Gasteiger partial charge is 0.416 e. The van der Waals surface area contributed by atoms with Crippen LogP contribution in [0.5, 0.6) is 0 Å². The van der Waals surface area contributed by atoms with Gasteiger partial charge < -0.3 is 16.0 Å². The maximum Gasteiger partial charge on any atom is 0.416 e. The van der Waals surface area contributed by atoms with E-state index in [1.807, 2.05) is 18.2 Å². The van der Waals surface area contributed by atoms with Gasteiger partial charge in [0.15, 0.2) is 0 Å². The van der Waals surface area contributed by atoms with Crippen LogP contribution in [0.15, 0.2) is 83.8 Å². The summed E-state index contributed by atoms with van der Waals surface area (Å²) < 4.78 is 75.1. The van der Waals surface area contributed by atoms with Gasteiger partial charge in [0.1, 0.15) is 20.1 Å². The summed E-state index contributed by atoms with van der Waals surface area (Å²) in [5.41, 5.74) is 2.86. The number of hydrogen-bond donors (Lipinski definition) is 2. The normalized spacial score (nSPS) is 11.9. The molecule has 0 radical (unpaired) electrons. The number of alkyl halides is 3. The lowest BCUT2D eigenvalue weighted by atomic mass is 10.1. The molecule has 0 atom stereocenters. The Morgan fingerprint density at radius 3 is 2.09 bits per heavy atom. The summed E-state index contributed by atoms with van der Waals surface area (Å²) in [6.45, 7) is 1.58. The quantitative estimate of drug-likeness (QED) is 0.182. The Bertz CT molecular complexity index is 2110. The molecule has 0 aliphatic rings. The molecule has 0 fully saturated rings. The Kier molecular flexibility index (Phi) is 7.83. The number of quaternary nitrogens is 1. The first kappa shape index (κ1) is 30.3. The van der Waals surface area contributed by atoms with Gasteiger partial charge in [-0.25, -0.2) is 18.4 Å². The summed E-state index contributed by atoms with van der Waals surface area (Å²) in [6.07, 6.45) is -4.48. The van der Waals surface area contributed by atoms with Crippen LogP contribution in [0.4, 0.5) is 18.9 Å². The number of aryl methyl sites for hydroxylation is 1. The van der Waals surface area contributed by atoms with Gasteiger partial charge in [-0.15, -0.1) is 22.7 Å². The highest BCUT2D eigenvalue weighted by atomic mass is 32.2. The molecule has 4 aromatic carbocycles. The Morgan fingerprint density at radius 1 is 0.837 bits per heavy atom. The van der Waals surface area contributed by atoms with Crippen molar-refractivity contribution in [2.45, 2.75) is 18.0 Å². The highest BCUT2D eigenvalue weighted by Crippen LogP contribution is 2.38. The number of carbonyl (C=O) groups is 1. The van der Waals surface area contributed by atoms with E-state index in [1.165, 1.54) is 11.3 Å². The lowest BCUT2D eigenvalue weighted by molar-refractivity contribution is -0.137. The van der Waals surface area contributed by atoms with Crippen LogP contribution in [0.3, 0.4) is 0 Å². The molecule has 0 aliphatic heterocycles. The van der Waals surface area contributed by atoms with Crippen LogP contribution in [-0.2, 0) is 16.3 Å². The molecule has 8 nitrogen and oxygen atoms in total. The first-order chi connectivity index (χ1) is 19.9. The summed E-state index contributed by atoms with van der Waals surface area (Å²) in [7, 11) is -4.67. The van der Waals surface area contributed by atoms with E-state index in [-0.39, 0.29) is 16.6 Å². The fraction of sp³-hybridized carbons (Fsp3) is 0.0690. The molecule has 43 heavy (non-hydrogen) atoms. The molecular formula is C29H21F3N4O4S3. The number of anilines is 1. The Hall–Kier alpha value is -4.21. The predicted molar refractivity (Wildman–Crippen MR) is 162 cm³/mol. The minimum Gasteiger partial charge on any atom is -0.744 e. The summed E-state index contributed by atoms with van der Waals surface area (Å²) in [6, 6.07) is 19.7. The van der Waals surface area contributed by atoms with Crippen molar-refractivity contribution in [3.05, 3.63) is 95.6 Å². The lowest BCUT2D eigenvalue weighted by Crippen LogP contribution is -2.12. The number of fused-ring (bicyclic) bond motifs is 2. The van der Waals surface area contributed by atoms with Gasteiger partial charge in [0.2, 0.25) is 0 Å². The molecule has 0 spiro atoms. The molecular weight excluding hydrogens is 622 g/mol. The number of halogens is 3. The monoisotopic (exact) mass is 642 g/mol. The van der Waals surface area contributed by atoms with E-state index in [9.17, 15) is 30.9 Å². The third-order valence-corrected chi connectivity index (χ3v) is 9.82. The first-order valence-corrected chi connectivity index (χ1v) is 15.3. The van der Waals surface area contributed by atoms with Crippen molar-refractivity contribution in [3.63, 3.8) is 0 Å². The van der Waals surface area contributed by atoms with Crippen LogP contribution in [0.2, 0.25) is 0 Å². The number of rotatable bonds is 5. The molecule has 220 valence electrons. The second-order valence-electron chi connectivity index (χ2n) is 9.34. The average molecular weight is 643 g/mol. The molecule has 0 saturated carbocycles. The number of hydrogen-bond acceptors (Lipinski definition) is 8. The molecule has 1 amide bonds. The summed E-state index contributed by atoms with van der Waals surface area (Å²) in [5, 5.41) is 3.97. The highest BCUT2D eigenvalue weighted by Gasteiger charge is 2.30. The number of nitrogens with one attached hydrogen (secondary N) is 1. The van der Waals surface area contributed by atoms with Crippen molar-refractivity contribution in [2.75, 3.05) is 5.32 Å². The van der Waals surface area contributed by atoms with E-state index < -0.39 is 27.8 Å². The maximum absolute atomic E-state index is 12.8. The zero-order chi connectivity index (χ0) is 29.8. The molecule has 6 rings (SSSR count). The maximum atomic E-state index is 12.8. The van der Waals surface area contributed by atoms with Crippen molar-refractivity contribution in [2.24, 2.45) is 0 Å². The van der Waals surface area contributed by atoms with E-state index >= 15 is 0 Å². The van der Waals surface area contributed by atoms with Gasteiger partial charge in [-0.05, 0) is 85.3 Å². The van der Waals surface area contributed by atoms with Crippen LogP contribution >= 0.6 is 22.7 Å². The number of benzene rings is 4. The van der Waals surface area contributed by atoms with Crippen LogP contribution in [0, 0.1) is 6.92 Å². The van der Waals surface area contributed by atoms with Gasteiger partial charge in [0, 0.05) is 22.4 Å². The molecule has 0 saturated heterocycles. The second kappa shape index (κ2) is 11.1. The van der Waals surface area contributed by atoms with Crippen molar-refractivity contribution in [1.29, 1.82) is 0 Å². The number of nitrogens with zero attached hydrogens (tertiary/aromatic N) is 2. The summed E-state index contributed by atoms with van der Waals surface area (Å²) >= 11 is 2.58. The lowest BCUT2D eigenvalue weighted by Gasteiger charge is -2.10. The van der Waals surface area contributed by atoms with Gasteiger partial charge in [0.05, 0.1) is 30.9 Å². The van der Waals surface area contributed by atoms with E-state index in [0.29, 0.717) is 26.5 Å². The zero-order valence-corrected chi connectivity index (χ0v) is 24.8.